The van der Waals surface area contributed by atoms with Gasteiger partial charge in [0.15, 0.2) is 11.5 Å². The second-order valence-electron chi connectivity index (χ2n) is 6.08. The molecule has 0 spiro atoms. The largest absolute Gasteiger partial charge is 0.493 e. The second-order valence-corrected chi connectivity index (χ2v) is 6.08. The van der Waals surface area contributed by atoms with E-state index in [1.165, 1.54) is 12.4 Å². The Hall–Kier alpha value is -3.74. The highest BCUT2D eigenvalue weighted by atomic mass is 19.1. The summed E-state index contributed by atoms with van der Waals surface area (Å²) in [7, 11) is 1.55. The van der Waals surface area contributed by atoms with Crippen LogP contribution in [-0.4, -0.2) is 22.1 Å². The average molecular weight is 376 g/mol. The molecule has 0 aliphatic carbocycles. The Morgan fingerprint density at radius 3 is 2.64 bits per heavy atom. The van der Waals surface area contributed by atoms with E-state index in [1.807, 2.05) is 19.1 Å². The molecule has 7 heteroatoms. The molecule has 0 aliphatic heterocycles. The number of rotatable bonds is 5. The fourth-order valence-corrected chi connectivity index (χ4v) is 2.77. The van der Waals surface area contributed by atoms with Gasteiger partial charge in [0, 0.05) is 17.4 Å². The molecule has 0 aliphatic rings. The first kappa shape index (κ1) is 17.7. The van der Waals surface area contributed by atoms with Gasteiger partial charge in [-0.2, -0.15) is 0 Å². The number of nitrogens with one attached hydrogen (secondary N) is 1. The number of hydrogen-bond acceptors (Lipinski definition) is 6. The summed E-state index contributed by atoms with van der Waals surface area (Å²) in [5.74, 6) is 1.65. The van der Waals surface area contributed by atoms with Crippen LogP contribution in [0.4, 0.5) is 15.9 Å². The number of hydrogen-bond donors (Lipinski definition) is 1. The summed E-state index contributed by atoms with van der Waals surface area (Å²) in [6, 6.07) is 13.8. The Morgan fingerprint density at radius 2 is 1.86 bits per heavy atom. The van der Waals surface area contributed by atoms with E-state index in [9.17, 15) is 4.39 Å². The summed E-state index contributed by atoms with van der Waals surface area (Å²) in [6.45, 7) is 1.91. The number of aryl methyl sites for hydroxylation is 1. The minimum absolute atomic E-state index is 0.329. The topological polar surface area (TPSA) is 69.2 Å². The maximum Gasteiger partial charge on any atom is 0.169 e. The summed E-state index contributed by atoms with van der Waals surface area (Å²) in [6.07, 6.45) is 3.04. The molecule has 140 valence electrons. The zero-order valence-corrected chi connectivity index (χ0v) is 15.3. The Morgan fingerprint density at radius 1 is 0.964 bits per heavy atom. The van der Waals surface area contributed by atoms with Gasteiger partial charge in [-0.15, -0.1) is 0 Å². The third kappa shape index (κ3) is 3.55. The Labute approximate surface area is 161 Å². The van der Waals surface area contributed by atoms with Crippen LogP contribution < -0.4 is 14.8 Å². The van der Waals surface area contributed by atoms with E-state index < -0.39 is 0 Å². The lowest BCUT2D eigenvalue weighted by atomic mass is 10.2. The maximum atomic E-state index is 14.3. The number of pyridine rings is 1. The zero-order chi connectivity index (χ0) is 19.5. The van der Waals surface area contributed by atoms with Crippen molar-refractivity contribution >= 4 is 22.4 Å². The van der Waals surface area contributed by atoms with Crippen LogP contribution in [-0.2, 0) is 0 Å². The van der Waals surface area contributed by atoms with Crippen molar-refractivity contribution in [2.24, 2.45) is 0 Å². The minimum Gasteiger partial charge on any atom is -0.493 e. The van der Waals surface area contributed by atoms with Crippen LogP contribution in [0.3, 0.4) is 0 Å². The van der Waals surface area contributed by atoms with Crippen molar-refractivity contribution in [3.05, 3.63) is 72.6 Å². The first-order valence-electron chi connectivity index (χ1n) is 8.59. The number of halogens is 1. The van der Waals surface area contributed by atoms with Crippen molar-refractivity contribution in [3.8, 4) is 17.2 Å². The highest BCUT2D eigenvalue weighted by Gasteiger charge is 2.12. The molecule has 4 aromatic rings. The van der Waals surface area contributed by atoms with Crippen LogP contribution in [0.1, 0.15) is 5.69 Å². The Bertz CT molecular complexity index is 1130. The van der Waals surface area contributed by atoms with Gasteiger partial charge in [-0.05, 0) is 43.3 Å². The van der Waals surface area contributed by atoms with Gasteiger partial charge in [0.25, 0.3) is 0 Å². The molecule has 0 saturated carbocycles. The molecule has 0 saturated heterocycles. The molecule has 0 fully saturated rings. The second kappa shape index (κ2) is 7.48. The van der Waals surface area contributed by atoms with E-state index in [0.29, 0.717) is 39.7 Å². The van der Waals surface area contributed by atoms with E-state index in [4.69, 9.17) is 9.47 Å². The number of nitrogens with zero attached hydrogens (tertiary/aromatic N) is 3. The minimum atomic E-state index is -0.389. The average Bonchev–Trinajstić information content (AvgIpc) is 2.71. The monoisotopic (exact) mass is 376 g/mol. The number of anilines is 2. The summed E-state index contributed by atoms with van der Waals surface area (Å²) in [5, 5.41) is 3.45. The van der Waals surface area contributed by atoms with E-state index >= 15 is 0 Å². The lowest BCUT2D eigenvalue weighted by Gasteiger charge is -2.13. The highest BCUT2D eigenvalue weighted by molar-refractivity contribution is 5.91. The fourth-order valence-electron chi connectivity index (χ4n) is 2.77. The lowest BCUT2D eigenvalue weighted by molar-refractivity contribution is 0.378. The van der Waals surface area contributed by atoms with Crippen LogP contribution in [0, 0.1) is 12.7 Å². The third-order valence-corrected chi connectivity index (χ3v) is 4.15. The first-order valence-corrected chi connectivity index (χ1v) is 8.59. The van der Waals surface area contributed by atoms with Crippen molar-refractivity contribution in [1.82, 2.24) is 15.0 Å². The molecule has 0 atom stereocenters. The van der Waals surface area contributed by atoms with Crippen LogP contribution in [0.5, 0.6) is 17.2 Å². The zero-order valence-electron chi connectivity index (χ0n) is 15.3. The van der Waals surface area contributed by atoms with Crippen molar-refractivity contribution < 1.29 is 13.9 Å². The molecule has 2 aromatic carbocycles. The van der Waals surface area contributed by atoms with Gasteiger partial charge in [0.1, 0.15) is 23.7 Å². The summed E-state index contributed by atoms with van der Waals surface area (Å²) < 4.78 is 25.5. The molecule has 0 amide bonds. The van der Waals surface area contributed by atoms with Gasteiger partial charge in [0.05, 0.1) is 24.2 Å². The molecule has 6 nitrogen and oxygen atoms in total. The number of benzene rings is 2. The highest BCUT2D eigenvalue weighted by Crippen LogP contribution is 2.35. The van der Waals surface area contributed by atoms with Gasteiger partial charge in [-0.25, -0.2) is 14.4 Å². The van der Waals surface area contributed by atoms with Crippen LogP contribution >= 0.6 is 0 Å². The van der Waals surface area contributed by atoms with Crippen molar-refractivity contribution in [2.45, 2.75) is 6.92 Å². The molecule has 2 heterocycles. The fraction of sp³-hybridized carbons (Fsp3) is 0.0952. The van der Waals surface area contributed by atoms with Gasteiger partial charge >= 0.3 is 0 Å². The third-order valence-electron chi connectivity index (χ3n) is 4.15. The van der Waals surface area contributed by atoms with Crippen LogP contribution in [0.15, 0.2) is 61.1 Å². The Kier molecular flexibility index (Phi) is 4.72. The standard InChI is InChI=1S/C21H17FN4O2/c1-13-6-8-15(11-23-13)28-18-9-7-14(10-19(18)27-2)26-21-20-16(22)4-3-5-17(20)24-12-25-21/h3-12H,1-2H3,(H,24,25,26). The number of fused-ring (bicyclic) bond motifs is 1. The van der Waals surface area contributed by atoms with Crippen molar-refractivity contribution in [1.29, 1.82) is 0 Å². The normalized spacial score (nSPS) is 10.7. The molecular formula is C21H17FN4O2. The summed E-state index contributed by atoms with van der Waals surface area (Å²) in [5.41, 5.74) is 2.11. The molecule has 0 radical (unpaired) electrons. The Balaban J connectivity index is 1.64. The predicted molar refractivity (Wildman–Crippen MR) is 105 cm³/mol. The summed E-state index contributed by atoms with van der Waals surface area (Å²) >= 11 is 0. The smallest absolute Gasteiger partial charge is 0.169 e. The molecule has 28 heavy (non-hydrogen) atoms. The van der Waals surface area contributed by atoms with E-state index in [2.05, 4.69) is 20.3 Å². The number of aromatic nitrogens is 3. The molecule has 0 unspecified atom stereocenters. The maximum absolute atomic E-state index is 14.3. The molecule has 1 N–H and O–H groups in total. The molecular weight excluding hydrogens is 359 g/mol. The number of ether oxygens (including phenoxy) is 2. The van der Waals surface area contributed by atoms with Gasteiger partial charge in [-0.3, -0.25) is 4.98 Å². The van der Waals surface area contributed by atoms with Crippen molar-refractivity contribution in [2.75, 3.05) is 12.4 Å². The van der Waals surface area contributed by atoms with Crippen LogP contribution in [0.2, 0.25) is 0 Å². The van der Waals surface area contributed by atoms with Gasteiger partial charge in [-0.1, -0.05) is 6.07 Å². The number of methoxy groups -OCH3 is 1. The van der Waals surface area contributed by atoms with Crippen LogP contribution in [0.25, 0.3) is 10.9 Å². The predicted octanol–water partition coefficient (Wildman–Crippen LogP) is 5.02. The lowest BCUT2D eigenvalue weighted by Crippen LogP contribution is -1.99. The molecule has 0 bridgehead atoms. The quantitative estimate of drug-likeness (QED) is 0.528. The van der Waals surface area contributed by atoms with E-state index in [1.54, 1.807) is 43.6 Å². The molecule has 4 rings (SSSR count). The van der Waals surface area contributed by atoms with Gasteiger partial charge in [0.2, 0.25) is 0 Å². The summed E-state index contributed by atoms with van der Waals surface area (Å²) in [4.78, 5) is 12.5. The van der Waals surface area contributed by atoms with E-state index in [0.717, 1.165) is 5.69 Å². The SMILES string of the molecule is COc1cc(Nc2ncnc3cccc(F)c23)ccc1Oc1ccc(C)nc1. The van der Waals surface area contributed by atoms with Crippen molar-refractivity contribution in [3.63, 3.8) is 0 Å². The molecule has 2 aromatic heterocycles. The van der Waals surface area contributed by atoms with E-state index in [-0.39, 0.29) is 5.82 Å². The first-order chi connectivity index (χ1) is 13.6. The van der Waals surface area contributed by atoms with Gasteiger partial charge < -0.3 is 14.8 Å².